The van der Waals surface area contributed by atoms with Crippen LogP contribution < -0.4 is 0 Å². The minimum atomic E-state index is -0.464. The van der Waals surface area contributed by atoms with E-state index in [1.165, 1.54) is 6.92 Å². The third-order valence-electron chi connectivity index (χ3n) is 2.18. The SMILES string of the molecule is CC(=O)CCC1C(=O)CCC1=O. The second-order valence-corrected chi connectivity index (χ2v) is 3.23. The normalized spacial score (nSPS) is 18.8. The largest absolute Gasteiger partial charge is 0.300 e. The lowest BCUT2D eigenvalue weighted by Crippen LogP contribution is -2.15. The lowest BCUT2D eigenvalue weighted by Gasteiger charge is -2.02. The van der Waals surface area contributed by atoms with E-state index in [1.807, 2.05) is 0 Å². The fourth-order valence-corrected chi connectivity index (χ4v) is 1.44. The molecule has 66 valence electrons. The molecule has 0 spiro atoms. The van der Waals surface area contributed by atoms with E-state index in [4.69, 9.17) is 0 Å². The van der Waals surface area contributed by atoms with Gasteiger partial charge < -0.3 is 4.79 Å². The number of hydrogen-bond donors (Lipinski definition) is 0. The highest BCUT2D eigenvalue weighted by Gasteiger charge is 2.32. The molecule has 12 heavy (non-hydrogen) atoms. The number of Topliss-reactive ketones (excluding diaryl/α,β-unsaturated/α-hetero) is 3. The lowest BCUT2D eigenvalue weighted by molar-refractivity contribution is -0.127. The van der Waals surface area contributed by atoms with Crippen molar-refractivity contribution < 1.29 is 14.4 Å². The molecule has 0 aromatic rings. The second-order valence-electron chi connectivity index (χ2n) is 3.23. The van der Waals surface area contributed by atoms with E-state index in [1.54, 1.807) is 0 Å². The molecule has 0 heterocycles. The maximum absolute atomic E-state index is 11.1. The van der Waals surface area contributed by atoms with Crippen molar-refractivity contribution in [3.05, 3.63) is 0 Å². The first-order chi connectivity index (χ1) is 5.61. The summed E-state index contributed by atoms with van der Waals surface area (Å²) in [5, 5.41) is 0. The molecule has 0 radical (unpaired) electrons. The van der Waals surface area contributed by atoms with Gasteiger partial charge in [-0.05, 0) is 13.3 Å². The zero-order chi connectivity index (χ0) is 9.14. The van der Waals surface area contributed by atoms with E-state index in [9.17, 15) is 14.4 Å². The van der Waals surface area contributed by atoms with Gasteiger partial charge in [0.1, 0.15) is 17.3 Å². The van der Waals surface area contributed by atoms with Crippen molar-refractivity contribution >= 4 is 17.3 Å². The molecule has 0 bridgehead atoms. The number of ketones is 3. The molecule has 0 unspecified atom stereocenters. The fourth-order valence-electron chi connectivity index (χ4n) is 1.44. The van der Waals surface area contributed by atoms with Gasteiger partial charge in [-0.15, -0.1) is 0 Å². The maximum Gasteiger partial charge on any atom is 0.143 e. The molecule has 0 N–H and O–H groups in total. The van der Waals surface area contributed by atoms with Gasteiger partial charge >= 0.3 is 0 Å². The van der Waals surface area contributed by atoms with Gasteiger partial charge in [0, 0.05) is 19.3 Å². The minimum Gasteiger partial charge on any atom is -0.300 e. The highest BCUT2D eigenvalue weighted by atomic mass is 16.2. The summed E-state index contributed by atoms with van der Waals surface area (Å²) < 4.78 is 0. The Morgan fingerprint density at radius 3 is 2.25 bits per heavy atom. The van der Waals surface area contributed by atoms with Crippen LogP contribution in [0.25, 0.3) is 0 Å². The highest BCUT2D eigenvalue weighted by molar-refractivity contribution is 6.08. The van der Waals surface area contributed by atoms with E-state index in [0.29, 0.717) is 25.7 Å². The van der Waals surface area contributed by atoms with Crippen molar-refractivity contribution in [2.75, 3.05) is 0 Å². The Morgan fingerprint density at radius 2 is 1.83 bits per heavy atom. The van der Waals surface area contributed by atoms with E-state index >= 15 is 0 Å². The molecule has 1 fully saturated rings. The number of carbonyl (C=O) groups excluding carboxylic acids is 3. The predicted octanol–water partition coefficient (Wildman–Crippen LogP) is 0.904. The summed E-state index contributed by atoms with van der Waals surface area (Å²) in [6, 6.07) is 0. The molecule has 1 saturated carbocycles. The standard InChI is InChI=1S/C9H12O3/c1-6(10)2-3-7-8(11)4-5-9(7)12/h7H,2-5H2,1H3. The molecule has 0 saturated heterocycles. The van der Waals surface area contributed by atoms with Gasteiger partial charge in [-0.1, -0.05) is 0 Å². The molecular formula is C9H12O3. The van der Waals surface area contributed by atoms with Gasteiger partial charge in [-0.25, -0.2) is 0 Å². The van der Waals surface area contributed by atoms with E-state index in [-0.39, 0.29) is 17.3 Å². The predicted molar refractivity (Wildman–Crippen MR) is 42.7 cm³/mol. The van der Waals surface area contributed by atoms with Crippen LogP contribution in [-0.4, -0.2) is 17.3 Å². The Bertz CT molecular complexity index is 214. The fraction of sp³-hybridized carbons (Fsp3) is 0.667. The summed E-state index contributed by atoms with van der Waals surface area (Å²) in [5.74, 6) is -0.390. The summed E-state index contributed by atoms with van der Waals surface area (Å²) in [7, 11) is 0. The molecule has 1 aliphatic rings. The monoisotopic (exact) mass is 168 g/mol. The van der Waals surface area contributed by atoms with Gasteiger partial charge in [0.15, 0.2) is 0 Å². The van der Waals surface area contributed by atoms with Crippen molar-refractivity contribution in [3.8, 4) is 0 Å². The number of hydrogen-bond acceptors (Lipinski definition) is 3. The molecule has 3 heteroatoms. The van der Waals surface area contributed by atoms with E-state index < -0.39 is 5.92 Å². The van der Waals surface area contributed by atoms with Crippen molar-refractivity contribution in [1.29, 1.82) is 0 Å². The highest BCUT2D eigenvalue weighted by Crippen LogP contribution is 2.21. The number of rotatable bonds is 3. The molecule has 0 aliphatic heterocycles. The first-order valence-electron chi connectivity index (χ1n) is 4.16. The first-order valence-corrected chi connectivity index (χ1v) is 4.16. The molecule has 0 atom stereocenters. The topological polar surface area (TPSA) is 51.2 Å². The van der Waals surface area contributed by atoms with Gasteiger partial charge in [0.25, 0.3) is 0 Å². The average molecular weight is 168 g/mol. The Hall–Kier alpha value is -0.990. The van der Waals surface area contributed by atoms with Crippen LogP contribution in [0, 0.1) is 5.92 Å². The Labute approximate surface area is 71.1 Å². The second kappa shape index (κ2) is 3.61. The van der Waals surface area contributed by atoms with Crippen LogP contribution in [0.2, 0.25) is 0 Å². The van der Waals surface area contributed by atoms with Crippen LogP contribution in [0.1, 0.15) is 32.6 Å². The molecule has 1 aliphatic carbocycles. The van der Waals surface area contributed by atoms with Gasteiger partial charge in [0.05, 0.1) is 5.92 Å². The van der Waals surface area contributed by atoms with Gasteiger partial charge in [-0.3, -0.25) is 9.59 Å². The summed E-state index contributed by atoms with van der Waals surface area (Å²) in [5.41, 5.74) is 0. The third-order valence-corrected chi connectivity index (χ3v) is 2.18. The Morgan fingerprint density at radius 1 is 1.33 bits per heavy atom. The molecule has 1 rings (SSSR count). The first kappa shape index (κ1) is 9.10. The van der Waals surface area contributed by atoms with Crippen LogP contribution in [0.5, 0.6) is 0 Å². The number of carbonyl (C=O) groups is 3. The summed E-state index contributed by atoms with van der Waals surface area (Å²) in [6.45, 7) is 1.48. The zero-order valence-electron chi connectivity index (χ0n) is 7.13. The van der Waals surface area contributed by atoms with Crippen LogP contribution >= 0.6 is 0 Å². The Kier molecular flexibility index (Phi) is 2.74. The Balaban J connectivity index is 2.45. The van der Waals surface area contributed by atoms with Gasteiger partial charge in [-0.2, -0.15) is 0 Å². The van der Waals surface area contributed by atoms with Crippen molar-refractivity contribution in [3.63, 3.8) is 0 Å². The van der Waals surface area contributed by atoms with Gasteiger partial charge in [0.2, 0.25) is 0 Å². The van der Waals surface area contributed by atoms with Crippen LogP contribution in [-0.2, 0) is 14.4 Å². The molecular weight excluding hydrogens is 156 g/mol. The van der Waals surface area contributed by atoms with E-state index in [0.717, 1.165) is 0 Å². The average Bonchev–Trinajstić information content (AvgIpc) is 2.28. The van der Waals surface area contributed by atoms with Crippen molar-refractivity contribution in [1.82, 2.24) is 0 Å². The van der Waals surface area contributed by atoms with Crippen LogP contribution in [0.15, 0.2) is 0 Å². The lowest BCUT2D eigenvalue weighted by atomic mass is 9.99. The molecule has 0 aromatic heterocycles. The molecule has 0 aromatic carbocycles. The molecule has 3 nitrogen and oxygen atoms in total. The maximum atomic E-state index is 11.1. The summed E-state index contributed by atoms with van der Waals surface area (Å²) in [6.07, 6.45) is 1.53. The van der Waals surface area contributed by atoms with Crippen molar-refractivity contribution in [2.45, 2.75) is 32.6 Å². The minimum absolute atomic E-state index is 0.0150. The summed E-state index contributed by atoms with van der Waals surface area (Å²) in [4.78, 5) is 32.7. The van der Waals surface area contributed by atoms with Crippen LogP contribution in [0.3, 0.4) is 0 Å². The van der Waals surface area contributed by atoms with Crippen LogP contribution in [0.4, 0.5) is 0 Å². The third kappa shape index (κ3) is 2.00. The quantitative estimate of drug-likeness (QED) is 0.588. The summed E-state index contributed by atoms with van der Waals surface area (Å²) >= 11 is 0. The van der Waals surface area contributed by atoms with E-state index in [2.05, 4.69) is 0 Å². The molecule has 0 amide bonds. The zero-order valence-corrected chi connectivity index (χ0v) is 7.13. The van der Waals surface area contributed by atoms with Crippen molar-refractivity contribution in [2.24, 2.45) is 5.92 Å². The smallest absolute Gasteiger partial charge is 0.143 e.